The fraction of sp³-hybridized carbons (Fsp3) is 0.152. The monoisotopic (exact) mass is 545 g/mol. The number of carbonyl (C=O) groups excluding carboxylic acids is 3. The molecule has 4 atom stereocenters. The van der Waals surface area contributed by atoms with Gasteiger partial charge in [0.05, 0.1) is 17.0 Å². The zero-order valence-electron chi connectivity index (χ0n) is 21.5. The molecular weight excluding hydrogens is 522 g/mol. The molecule has 4 heterocycles. The molecular formula is C33H24ClN3O3. The van der Waals surface area contributed by atoms with Crippen molar-refractivity contribution in [2.75, 3.05) is 10.2 Å². The minimum absolute atomic E-state index is 0.204. The van der Waals surface area contributed by atoms with Gasteiger partial charge in [-0.2, -0.15) is 0 Å². The Morgan fingerprint density at radius 3 is 2.42 bits per heavy atom. The quantitative estimate of drug-likeness (QED) is 0.319. The van der Waals surface area contributed by atoms with Gasteiger partial charge in [-0.05, 0) is 54.5 Å². The predicted molar refractivity (Wildman–Crippen MR) is 155 cm³/mol. The number of benzene rings is 3. The molecule has 1 amide bonds. The van der Waals surface area contributed by atoms with Gasteiger partial charge in [-0.15, -0.1) is 0 Å². The van der Waals surface area contributed by atoms with Crippen LogP contribution in [0.4, 0.5) is 11.4 Å². The zero-order valence-corrected chi connectivity index (χ0v) is 22.3. The van der Waals surface area contributed by atoms with E-state index in [0.717, 1.165) is 16.8 Å². The Bertz CT molecular complexity index is 1750. The first-order valence-electron chi connectivity index (χ1n) is 13.2. The first-order chi connectivity index (χ1) is 19.4. The number of anilines is 2. The average molecular weight is 546 g/mol. The van der Waals surface area contributed by atoms with Crippen molar-refractivity contribution >= 4 is 46.0 Å². The zero-order chi connectivity index (χ0) is 27.6. The van der Waals surface area contributed by atoms with Crippen molar-refractivity contribution < 1.29 is 14.4 Å². The molecule has 1 spiro atoms. The summed E-state index contributed by atoms with van der Waals surface area (Å²) in [5, 5.41) is 3.34. The number of amides is 1. The first kappa shape index (κ1) is 24.5. The predicted octanol–water partition coefficient (Wildman–Crippen LogP) is 5.98. The van der Waals surface area contributed by atoms with Gasteiger partial charge >= 0.3 is 0 Å². The molecule has 7 heteroatoms. The van der Waals surface area contributed by atoms with Crippen molar-refractivity contribution in [2.24, 2.45) is 5.92 Å². The number of rotatable bonds is 4. The number of halogens is 1. The molecule has 40 heavy (non-hydrogen) atoms. The Morgan fingerprint density at radius 1 is 0.900 bits per heavy atom. The minimum atomic E-state index is -1.39. The Kier molecular flexibility index (Phi) is 5.51. The van der Waals surface area contributed by atoms with Gasteiger partial charge in [-0.3, -0.25) is 19.4 Å². The van der Waals surface area contributed by atoms with Crippen molar-refractivity contribution in [3.05, 3.63) is 131 Å². The molecule has 0 aliphatic carbocycles. The van der Waals surface area contributed by atoms with Crippen LogP contribution >= 0.6 is 11.6 Å². The molecule has 6 nitrogen and oxygen atoms in total. The lowest BCUT2D eigenvalue weighted by Crippen LogP contribution is -2.51. The molecule has 1 aromatic heterocycles. The van der Waals surface area contributed by atoms with Crippen LogP contribution in [0.3, 0.4) is 0 Å². The third-order valence-electron chi connectivity index (χ3n) is 8.49. The van der Waals surface area contributed by atoms with E-state index < -0.39 is 23.4 Å². The van der Waals surface area contributed by atoms with Crippen LogP contribution in [-0.4, -0.2) is 34.5 Å². The highest BCUT2D eigenvalue weighted by Crippen LogP contribution is 2.58. The van der Waals surface area contributed by atoms with Gasteiger partial charge in [0.1, 0.15) is 17.2 Å². The second-order valence-corrected chi connectivity index (χ2v) is 10.8. The highest BCUT2D eigenvalue weighted by Gasteiger charge is 2.70. The summed E-state index contributed by atoms with van der Waals surface area (Å²) in [6.45, 7) is 2.00. The van der Waals surface area contributed by atoms with Crippen LogP contribution in [0.25, 0.3) is 5.57 Å². The van der Waals surface area contributed by atoms with Gasteiger partial charge in [-0.1, -0.05) is 72.3 Å². The fourth-order valence-electron chi connectivity index (χ4n) is 6.88. The van der Waals surface area contributed by atoms with Crippen LogP contribution in [0.15, 0.2) is 103 Å². The van der Waals surface area contributed by atoms with Crippen LogP contribution in [0.1, 0.15) is 38.9 Å². The Balaban J connectivity index is 1.57. The van der Waals surface area contributed by atoms with E-state index >= 15 is 0 Å². The van der Waals surface area contributed by atoms with Gasteiger partial charge < -0.3 is 10.2 Å². The third-order valence-corrected chi connectivity index (χ3v) is 8.82. The standard InChI is InChI=1S/C33H24ClN3O3/c1-19-18-27-33(22-12-4-6-14-24(22)36-32(33)40)28(31(39)25-15-8-9-17-35-25)29(30(38)21-11-2-5-13-23(21)34)37(27)26-16-7-3-10-20(19)26/h2-18,27-29H,1H3,(H,36,40)/t27-,28+,29-,33+/m0/s1. The summed E-state index contributed by atoms with van der Waals surface area (Å²) >= 11 is 6.57. The Hall–Kier alpha value is -4.55. The van der Waals surface area contributed by atoms with Crippen LogP contribution in [-0.2, 0) is 10.2 Å². The summed E-state index contributed by atoms with van der Waals surface area (Å²) in [7, 11) is 0. The Labute approximate surface area is 236 Å². The van der Waals surface area contributed by atoms with Gasteiger partial charge in [0.25, 0.3) is 0 Å². The number of fused-ring (bicyclic) bond motifs is 6. The lowest BCUT2D eigenvalue weighted by atomic mass is 9.64. The van der Waals surface area contributed by atoms with Crippen molar-refractivity contribution in [3.8, 4) is 0 Å². The van der Waals surface area contributed by atoms with Crippen molar-refractivity contribution in [3.63, 3.8) is 0 Å². The number of nitrogens with one attached hydrogen (secondary N) is 1. The SMILES string of the molecule is CC1=C[C@@H]2N(c3ccccc31)[C@H](C(=O)c1ccccc1Cl)[C@H](C(=O)c1ccccn1)[C@]21C(=O)Nc2ccccc21. The second kappa shape index (κ2) is 9.00. The van der Waals surface area contributed by atoms with Crippen molar-refractivity contribution in [1.29, 1.82) is 0 Å². The molecule has 1 saturated heterocycles. The number of Topliss-reactive ketones (excluding diaryl/α,β-unsaturated/α-hetero) is 2. The molecule has 3 aliphatic heterocycles. The van der Waals surface area contributed by atoms with E-state index in [4.69, 9.17) is 11.6 Å². The number of carbonyl (C=O) groups is 3. The highest BCUT2D eigenvalue weighted by atomic mass is 35.5. The van der Waals surface area contributed by atoms with Crippen molar-refractivity contribution in [1.82, 2.24) is 4.98 Å². The van der Waals surface area contributed by atoms with Crippen LogP contribution < -0.4 is 10.2 Å². The van der Waals surface area contributed by atoms with E-state index in [1.165, 1.54) is 0 Å². The summed E-state index contributed by atoms with van der Waals surface area (Å²) in [6, 6.07) is 25.6. The molecule has 0 bridgehead atoms. The van der Waals surface area contributed by atoms with E-state index in [2.05, 4.69) is 10.3 Å². The fourth-order valence-corrected chi connectivity index (χ4v) is 7.10. The smallest absolute Gasteiger partial charge is 0.238 e. The van der Waals surface area contributed by atoms with Gasteiger partial charge in [0.2, 0.25) is 5.91 Å². The largest absolute Gasteiger partial charge is 0.352 e. The summed E-state index contributed by atoms with van der Waals surface area (Å²) in [4.78, 5) is 50.0. The summed E-state index contributed by atoms with van der Waals surface area (Å²) in [5.74, 6) is -2.08. The van der Waals surface area contributed by atoms with E-state index in [9.17, 15) is 14.4 Å². The number of allylic oxidation sites excluding steroid dienone is 1. The number of ketones is 2. The normalized spacial score (nSPS) is 24.1. The maximum atomic E-state index is 14.7. The molecule has 0 saturated carbocycles. The summed E-state index contributed by atoms with van der Waals surface area (Å²) in [5.41, 5.74) is 3.18. The van der Waals surface area contributed by atoms with Gasteiger partial charge in [-0.25, -0.2) is 0 Å². The molecule has 196 valence electrons. The molecule has 0 radical (unpaired) electrons. The van der Waals surface area contributed by atoms with Crippen LogP contribution in [0.2, 0.25) is 5.02 Å². The molecule has 4 aromatic rings. The molecule has 1 fully saturated rings. The summed E-state index contributed by atoms with van der Waals surface area (Å²) < 4.78 is 0. The molecule has 1 N–H and O–H groups in total. The molecule has 7 rings (SSSR count). The van der Waals surface area contributed by atoms with Crippen molar-refractivity contribution in [2.45, 2.75) is 24.4 Å². The average Bonchev–Trinajstić information content (AvgIpc) is 3.45. The lowest BCUT2D eigenvalue weighted by molar-refractivity contribution is -0.121. The summed E-state index contributed by atoms with van der Waals surface area (Å²) in [6.07, 6.45) is 3.58. The lowest BCUT2D eigenvalue weighted by Gasteiger charge is -2.39. The van der Waals surface area contributed by atoms with E-state index in [-0.39, 0.29) is 23.2 Å². The third kappa shape index (κ3) is 3.23. The molecule has 3 aliphatic rings. The number of para-hydroxylation sites is 2. The topological polar surface area (TPSA) is 79.4 Å². The second-order valence-electron chi connectivity index (χ2n) is 10.4. The number of hydrogen-bond acceptors (Lipinski definition) is 5. The number of aromatic nitrogens is 1. The van der Waals surface area contributed by atoms with Gasteiger partial charge in [0, 0.05) is 28.7 Å². The van der Waals surface area contributed by atoms with E-state index in [1.807, 2.05) is 66.4 Å². The first-order valence-corrected chi connectivity index (χ1v) is 13.5. The number of nitrogens with zero attached hydrogens (tertiary/aromatic N) is 2. The Morgan fingerprint density at radius 2 is 1.62 bits per heavy atom. The maximum Gasteiger partial charge on any atom is 0.238 e. The van der Waals surface area contributed by atoms with E-state index in [0.29, 0.717) is 21.8 Å². The van der Waals surface area contributed by atoms with Gasteiger partial charge in [0.15, 0.2) is 11.6 Å². The van der Waals surface area contributed by atoms with Crippen LogP contribution in [0.5, 0.6) is 0 Å². The van der Waals surface area contributed by atoms with E-state index in [1.54, 1.807) is 48.7 Å². The number of pyridine rings is 1. The number of hydrogen-bond donors (Lipinski definition) is 1. The molecule has 3 aromatic carbocycles. The minimum Gasteiger partial charge on any atom is -0.352 e. The highest BCUT2D eigenvalue weighted by molar-refractivity contribution is 6.34. The maximum absolute atomic E-state index is 14.7. The van der Waals surface area contributed by atoms with Crippen LogP contribution in [0, 0.1) is 5.92 Å². The molecule has 0 unspecified atom stereocenters.